The van der Waals surface area contributed by atoms with Crippen molar-refractivity contribution in [2.24, 2.45) is 0 Å². The van der Waals surface area contributed by atoms with E-state index in [1.54, 1.807) is 0 Å². The van der Waals surface area contributed by atoms with E-state index in [0.717, 1.165) is 23.3 Å². The molecular weight excluding hydrogens is 206 g/mol. The van der Waals surface area contributed by atoms with Crippen LogP contribution in [0.2, 0.25) is 0 Å². The molecule has 0 aliphatic carbocycles. The number of hydrogen-bond acceptors (Lipinski definition) is 3. The maximum absolute atomic E-state index is 12.8. The molecule has 0 fully saturated rings. The Morgan fingerprint density at radius 2 is 2.29 bits per heavy atom. The van der Waals surface area contributed by atoms with Crippen molar-refractivity contribution >= 4 is 11.3 Å². The first-order valence-electron chi connectivity index (χ1n) is 4.43. The van der Waals surface area contributed by atoms with E-state index in [9.17, 15) is 8.78 Å². The average Bonchev–Trinajstić information content (AvgIpc) is 2.51. The molecule has 14 heavy (non-hydrogen) atoms. The van der Waals surface area contributed by atoms with Crippen molar-refractivity contribution in [2.45, 2.75) is 32.2 Å². The van der Waals surface area contributed by atoms with Crippen molar-refractivity contribution in [3.63, 3.8) is 0 Å². The first-order valence-corrected chi connectivity index (χ1v) is 5.25. The zero-order valence-electron chi connectivity index (χ0n) is 8.47. The lowest BCUT2D eigenvalue weighted by Crippen LogP contribution is -2.23. The molecule has 1 heterocycles. The Labute approximate surface area is 86.4 Å². The Hall–Kier alpha value is -0.550. The monoisotopic (exact) mass is 220 g/mol. The van der Waals surface area contributed by atoms with Crippen molar-refractivity contribution in [1.29, 1.82) is 0 Å². The molecule has 0 saturated carbocycles. The van der Waals surface area contributed by atoms with Gasteiger partial charge in [0.25, 0.3) is 5.92 Å². The highest BCUT2D eigenvalue weighted by molar-refractivity contribution is 7.11. The summed E-state index contributed by atoms with van der Waals surface area (Å²) in [7, 11) is 1.84. The fourth-order valence-corrected chi connectivity index (χ4v) is 1.95. The first kappa shape index (κ1) is 11.5. The van der Waals surface area contributed by atoms with Gasteiger partial charge in [-0.25, -0.2) is 13.8 Å². The van der Waals surface area contributed by atoms with Crippen LogP contribution in [0.5, 0.6) is 0 Å². The summed E-state index contributed by atoms with van der Waals surface area (Å²) >= 11 is 1.08. The predicted octanol–water partition coefficient (Wildman–Crippen LogP) is 2.41. The smallest absolute Gasteiger partial charge is 0.281 e. The number of rotatable bonds is 4. The average molecular weight is 220 g/mol. The predicted molar refractivity (Wildman–Crippen MR) is 53.9 cm³/mol. The number of nitrogens with zero attached hydrogens (tertiary/aromatic N) is 1. The van der Waals surface area contributed by atoms with Crippen LogP contribution in [0.1, 0.15) is 23.7 Å². The van der Waals surface area contributed by atoms with E-state index in [2.05, 4.69) is 10.3 Å². The second-order valence-corrected chi connectivity index (χ2v) is 4.52. The molecule has 1 unspecified atom stereocenters. The number of hydrogen-bond donors (Lipinski definition) is 1. The van der Waals surface area contributed by atoms with Gasteiger partial charge in [0.1, 0.15) is 0 Å². The van der Waals surface area contributed by atoms with Crippen molar-refractivity contribution < 1.29 is 8.78 Å². The highest BCUT2D eigenvalue weighted by atomic mass is 32.1. The minimum atomic E-state index is -2.77. The number of nitrogens with one attached hydrogen (secondary N) is 1. The van der Waals surface area contributed by atoms with Crippen LogP contribution in [0.15, 0.2) is 6.20 Å². The summed E-state index contributed by atoms with van der Waals surface area (Å²) in [5, 5.41) is 3.79. The number of aromatic nitrogens is 1. The Balaban J connectivity index is 2.69. The maximum atomic E-state index is 12.8. The largest absolute Gasteiger partial charge is 0.317 e. The van der Waals surface area contributed by atoms with Crippen LogP contribution in [-0.4, -0.2) is 18.1 Å². The van der Waals surface area contributed by atoms with Gasteiger partial charge in [0.05, 0.1) is 9.88 Å². The third-order valence-corrected chi connectivity index (χ3v) is 3.15. The molecule has 0 aliphatic rings. The van der Waals surface area contributed by atoms with Crippen molar-refractivity contribution in [2.75, 3.05) is 7.05 Å². The van der Waals surface area contributed by atoms with E-state index in [-0.39, 0.29) is 10.9 Å². The van der Waals surface area contributed by atoms with Gasteiger partial charge in [0, 0.05) is 25.6 Å². The van der Waals surface area contributed by atoms with Crippen molar-refractivity contribution in [3.05, 3.63) is 16.1 Å². The molecule has 1 N–H and O–H groups in total. The molecule has 0 spiro atoms. The van der Waals surface area contributed by atoms with Gasteiger partial charge in [-0.2, -0.15) is 0 Å². The zero-order valence-corrected chi connectivity index (χ0v) is 9.29. The first-order chi connectivity index (χ1) is 6.43. The molecule has 2 nitrogen and oxygen atoms in total. The molecule has 1 aromatic rings. The minimum Gasteiger partial charge on any atom is -0.317 e. The second-order valence-electron chi connectivity index (χ2n) is 3.40. The molecule has 0 bridgehead atoms. The van der Waals surface area contributed by atoms with E-state index in [1.807, 2.05) is 14.0 Å². The summed E-state index contributed by atoms with van der Waals surface area (Å²) in [4.78, 5) is 4.01. The quantitative estimate of drug-likeness (QED) is 0.842. The zero-order chi connectivity index (χ0) is 10.8. The third-order valence-electron chi connectivity index (χ3n) is 1.96. The van der Waals surface area contributed by atoms with E-state index in [4.69, 9.17) is 0 Å². The van der Waals surface area contributed by atoms with Crippen LogP contribution in [0.3, 0.4) is 0 Å². The van der Waals surface area contributed by atoms with E-state index >= 15 is 0 Å². The van der Waals surface area contributed by atoms with E-state index in [1.165, 1.54) is 6.20 Å². The van der Waals surface area contributed by atoms with Crippen LogP contribution < -0.4 is 5.32 Å². The number of halogens is 2. The SMILES string of the molecule is CNC(C)Cc1ncc(C(C)(F)F)s1. The van der Waals surface area contributed by atoms with Gasteiger partial charge in [0.2, 0.25) is 0 Å². The lowest BCUT2D eigenvalue weighted by Gasteiger charge is -2.07. The summed E-state index contributed by atoms with van der Waals surface area (Å²) in [6, 6.07) is 0.263. The van der Waals surface area contributed by atoms with Crippen LogP contribution in [-0.2, 0) is 12.3 Å². The number of likely N-dealkylation sites (N-methyl/N-ethyl adjacent to an activating group) is 1. The molecule has 1 rings (SSSR count). The summed E-state index contributed by atoms with van der Waals surface area (Å²) < 4.78 is 25.7. The van der Waals surface area contributed by atoms with Gasteiger partial charge < -0.3 is 5.32 Å². The summed E-state index contributed by atoms with van der Waals surface area (Å²) in [5.74, 6) is -2.77. The van der Waals surface area contributed by atoms with Crippen molar-refractivity contribution in [1.82, 2.24) is 10.3 Å². The molecule has 0 aromatic carbocycles. The van der Waals surface area contributed by atoms with E-state index in [0.29, 0.717) is 6.42 Å². The highest BCUT2D eigenvalue weighted by Crippen LogP contribution is 2.31. The maximum Gasteiger partial charge on any atom is 0.281 e. The topological polar surface area (TPSA) is 24.9 Å². The molecule has 0 radical (unpaired) electrons. The molecule has 1 atom stereocenters. The second kappa shape index (κ2) is 4.31. The fourth-order valence-electron chi connectivity index (χ4n) is 0.972. The van der Waals surface area contributed by atoms with Gasteiger partial charge in [-0.3, -0.25) is 0 Å². The minimum absolute atomic E-state index is 0.0378. The summed E-state index contributed by atoms with van der Waals surface area (Å²) in [6.07, 6.45) is 1.96. The Morgan fingerprint density at radius 3 is 2.71 bits per heavy atom. The Bertz CT molecular complexity index is 293. The van der Waals surface area contributed by atoms with Crippen LogP contribution in [0.4, 0.5) is 8.78 Å². The normalized spacial score (nSPS) is 14.4. The highest BCUT2D eigenvalue weighted by Gasteiger charge is 2.27. The standard InChI is InChI=1S/C9H14F2N2S/c1-6(12-3)4-8-13-5-7(14-8)9(2,10)11/h5-6,12H,4H2,1-3H3. The Kier molecular flexibility index (Phi) is 3.55. The summed E-state index contributed by atoms with van der Waals surface area (Å²) in [5.41, 5.74) is 0. The lowest BCUT2D eigenvalue weighted by molar-refractivity contribution is 0.0213. The van der Waals surface area contributed by atoms with Crippen LogP contribution >= 0.6 is 11.3 Å². The van der Waals surface area contributed by atoms with Gasteiger partial charge in [-0.1, -0.05) is 0 Å². The molecule has 0 aliphatic heterocycles. The third kappa shape index (κ3) is 2.99. The van der Waals surface area contributed by atoms with Crippen molar-refractivity contribution in [3.8, 4) is 0 Å². The molecule has 0 saturated heterocycles. The van der Waals surface area contributed by atoms with E-state index < -0.39 is 5.92 Å². The number of alkyl halides is 2. The number of thiazole rings is 1. The summed E-state index contributed by atoms with van der Waals surface area (Å²) in [6.45, 7) is 2.89. The van der Waals surface area contributed by atoms with Gasteiger partial charge in [-0.05, 0) is 14.0 Å². The molecular formula is C9H14F2N2S. The van der Waals surface area contributed by atoms with Crippen LogP contribution in [0, 0.1) is 0 Å². The molecule has 5 heteroatoms. The molecule has 80 valence electrons. The van der Waals surface area contributed by atoms with Gasteiger partial charge >= 0.3 is 0 Å². The molecule has 0 amide bonds. The lowest BCUT2D eigenvalue weighted by atomic mass is 10.2. The fraction of sp³-hybridized carbons (Fsp3) is 0.667. The van der Waals surface area contributed by atoms with Gasteiger partial charge in [0.15, 0.2) is 0 Å². The van der Waals surface area contributed by atoms with Gasteiger partial charge in [-0.15, -0.1) is 11.3 Å². The van der Waals surface area contributed by atoms with Crippen LogP contribution in [0.25, 0.3) is 0 Å². The Morgan fingerprint density at radius 1 is 1.64 bits per heavy atom. The molecule has 1 aromatic heterocycles.